The Hall–Kier alpha value is -0.380. The lowest BCUT2D eigenvalue weighted by Gasteiger charge is -2.03. The van der Waals surface area contributed by atoms with Gasteiger partial charge in [0.2, 0.25) is 0 Å². The first-order valence-electron chi connectivity index (χ1n) is 18.2. The van der Waals surface area contributed by atoms with Crippen LogP contribution in [-0.4, -0.2) is 0 Å². The second-order valence-electron chi connectivity index (χ2n) is 12.9. The van der Waals surface area contributed by atoms with E-state index >= 15 is 0 Å². The molecule has 0 unspecified atom stereocenters. The van der Waals surface area contributed by atoms with Gasteiger partial charge in [-0.2, -0.15) is 0 Å². The fraction of sp³-hybridized carbons (Fsp3) is 0.789. The summed E-state index contributed by atoms with van der Waals surface area (Å²) in [6.07, 6.45) is 40.0. The summed E-state index contributed by atoms with van der Waals surface area (Å²) >= 11 is 6.15. The number of rotatable bonds is 28. The van der Waals surface area contributed by atoms with Crippen LogP contribution in [0.3, 0.4) is 0 Å². The van der Waals surface area contributed by atoms with Gasteiger partial charge in [-0.15, -0.1) is 34.0 Å². The molecule has 234 valence electrons. The van der Waals surface area contributed by atoms with Crippen LogP contribution in [0.25, 0.3) is 18.8 Å². The number of thiophene rings is 3. The van der Waals surface area contributed by atoms with E-state index in [2.05, 4.69) is 35.9 Å². The van der Waals surface area contributed by atoms with Crippen molar-refractivity contribution in [2.24, 2.45) is 0 Å². The summed E-state index contributed by atoms with van der Waals surface area (Å²) in [5.41, 5.74) is 3.29. The average Bonchev–Trinajstić information content (AvgIpc) is 3.67. The highest BCUT2D eigenvalue weighted by molar-refractivity contribution is 7.38. The number of hydrogen-bond donors (Lipinski definition) is 0. The number of aryl methyl sites for hydroxylation is 2. The summed E-state index contributed by atoms with van der Waals surface area (Å²) in [7, 11) is 0. The molecule has 0 aliphatic carbocycles. The Kier molecular flexibility index (Phi) is 19.7. The summed E-state index contributed by atoms with van der Waals surface area (Å²) in [6, 6.07) is 0. The zero-order valence-electron chi connectivity index (χ0n) is 27.2. The maximum atomic E-state index is 2.48. The fourth-order valence-corrected chi connectivity index (χ4v) is 10.6. The van der Waals surface area contributed by atoms with Crippen LogP contribution in [-0.2, 0) is 12.8 Å². The highest BCUT2D eigenvalue weighted by atomic mass is 32.1. The second-order valence-corrected chi connectivity index (χ2v) is 15.7. The zero-order valence-corrected chi connectivity index (χ0v) is 29.6. The Morgan fingerprint density at radius 1 is 0.341 bits per heavy atom. The largest absolute Gasteiger partial charge is 0.141 e. The van der Waals surface area contributed by atoms with Crippen LogP contribution in [0.4, 0.5) is 0 Å². The molecule has 0 fully saturated rings. The smallest absolute Gasteiger partial charge is 0.0632 e. The van der Waals surface area contributed by atoms with Gasteiger partial charge in [-0.25, -0.2) is 0 Å². The van der Waals surface area contributed by atoms with Gasteiger partial charge in [-0.05, 0) is 47.6 Å². The molecule has 41 heavy (non-hydrogen) atoms. The molecule has 0 radical (unpaired) electrons. The molecular formula is C38H64S3. The van der Waals surface area contributed by atoms with Gasteiger partial charge in [-0.1, -0.05) is 168 Å². The molecular weight excluding hydrogens is 553 g/mol. The minimum Gasteiger partial charge on any atom is -0.141 e. The van der Waals surface area contributed by atoms with E-state index in [1.54, 1.807) is 29.9 Å². The van der Waals surface area contributed by atoms with Crippen molar-refractivity contribution in [3.05, 3.63) is 21.9 Å². The maximum Gasteiger partial charge on any atom is 0.0632 e. The summed E-state index contributed by atoms with van der Waals surface area (Å²) < 4.78 is 6.44. The van der Waals surface area contributed by atoms with E-state index in [4.69, 9.17) is 0 Å². The molecule has 0 bridgehead atoms. The molecule has 0 aliphatic heterocycles. The topological polar surface area (TPSA) is 0 Å². The molecule has 0 saturated carbocycles. The Labute approximate surface area is 267 Å². The first-order valence-corrected chi connectivity index (χ1v) is 20.8. The van der Waals surface area contributed by atoms with Crippen LogP contribution in [0.2, 0.25) is 0 Å². The first-order chi connectivity index (χ1) is 20.3. The van der Waals surface area contributed by atoms with E-state index in [-0.39, 0.29) is 0 Å². The molecule has 3 aromatic rings. The number of hydrogen-bond acceptors (Lipinski definition) is 3. The van der Waals surface area contributed by atoms with Crippen LogP contribution in [0.5, 0.6) is 0 Å². The lowest BCUT2D eigenvalue weighted by atomic mass is 10.0. The molecule has 3 heterocycles. The fourth-order valence-electron chi connectivity index (χ4n) is 6.42. The predicted octanol–water partition coefficient (Wildman–Crippen LogP) is 15.4. The van der Waals surface area contributed by atoms with E-state index in [0.29, 0.717) is 0 Å². The van der Waals surface area contributed by atoms with E-state index < -0.39 is 0 Å². The molecule has 0 amide bonds. The van der Waals surface area contributed by atoms with Crippen LogP contribution < -0.4 is 0 Å². The predicted molar refractivity (Wildman–Crippen MR) is 194 cm³/mol. The SMILES string of the molecule is CCCCCCCCCCCCCCCc1csc2c1sc1c(CCCCCCCCCCCCCCC)csc12. The third-order valence-corrected chi connectivity index (χ3v) is 13.0. The molecule has 0 spiro atoms. The second kappa shape index (κ2) is 23.1. The summed E-state index contributed by atoms with van der Waals surface area (Å²) in [4.78, 5) is 0. The standard InChI is InChI=1S/C38H64S3/c1-3-5-7-9-11-13-15-17-19-21-23-25-27-29-33-31-39-37-35(33)41-36-34(32-40-38(36)37)30-28-26-24-22-20-18-16-14-12-10-8-6-4-2/h31-32H,3-30H2,1-2H3. The third kappa shape index (κ3) is 13.9. The molecule has 0 saturated heterocycles. The summed E-state index contributed by atoms with van der Waals surface area (Å²) in [6.45, 7) is 4.62. The van der Waals surface area contributed by atoms with Gasteiger partial charge < -0.3 is 0 Å². The Morgan fingerprint density at radius 2 is 0.610 bits per heavy atom. The molecule has 3 aromatic heterocycles. The van der Waals surface area contributed by atoms with E-state index in [1.807, 2.05) is 22.7 Å². The monoisotopic (exact) mass is 616 g/mol. The highest BCUT2D eigenvalue weighted by Crippen LogP contribution is 2.45. The van der Waals surface area contributed by atoms with Crippen molar-refractivity contribution in [2.75, 3.05) is 0 Å². The first kappa shape index (κ1) is 35.1. The Morgan fingerprint density at radius 3 is 0.902 bits per heavy atom. The van der Waals surface area contributed by atoms with Gasteiger partial charge in [0.1, 0.15) is 0 Å². The normalized spacial score (nSPS) is 12.0. The summed E-state index contributed by atoms with van der Waals surface area (Å²) in [5, 5.41) is 4.96. The average molecular weight is 617 g/mol. The highest BCUT2D eigenvalue weighted by Gasteiger charge is 2.15. The van der Waals surface area contributed by atoms with Gasteiger partial charge in [0.05, 0.1) is 18.8 Å². The number of fused-ring (bicyclic) bond motifs is 3. The maximum absolute atomic E-state index is 2.48. The van der Waals surface area contributed by atoms with Crippen LogP contribution in [0.1, 0.15) is 192 Å². The minimum absolute atomic E-state index is 1.29. The molecule has 0 aliphatic rings. The van der Waals surface area contributed by atoms with Crippen LogP contribution in [0.15, 0.2) is 10.8 Å². The molecule has 0 aromatic carbocycles. The van der Waals surface area contributed by atoms with Crippen molar-refractivity contribution in [3.63, 3.8) is 0 Å². The molecule has 0 nitrogen and oxygen atoms in total. The molecule has 0 atom stereocenters. The molecule has 3 heteroatoms. The van der Waals surface area contributed by atoms with Gasteiger partial charge in [0.25, 0.3) is 0 Å². The zero-order chi connectivity index (χ0) is 28.8. The van der Waals surface area contributed by atoms with Crippen molar-refractivity contribution in [2.45, 2.75) is 194 Å². The van der Waals surface area contributed by atoms with Crippen molar-refractivity contribution >= 4 is 52.8 Å². The molecule has 0 N–H and O–H groups in total. The molecule has 3 rings (SSSR count). The van der Waals surface area contributed by atoms with E-state index in [0.717, 1.165) is 0 Å². The quantitative estimate of drug-likeness (QED) is 0.0712. The van der Waals surface area contributed by atoms with E-state index in [1.165, 1.54) is 180 Å². The van der Waals surface area contributed by atoms with Crippen molar-refractivity contribution in [1.82, 2.24) is 0 Å². The van der Waals surface area contributed by atoms with Crippen LogP contribution in [0, 0.1) is 0 Å². The number of unbranched alkanes of at least 4 members (excludes halogenated alkanes) is 24. The van der Waals surface area contributed by atoms with Crippen molar-refractivity contribution in [3.8, 4) is 0 Å². The van der Waals surface area contributed by atoms with Crippen LogP contribution >= 0.6 is 34.0 Å². The van der Waals surface area contributed by atoms with Crippen molar-refractivity contribution in [1.29, 1.82) is 0 Å². The Bertz CT molecular complexity index is 927. The lowest BCUT2D eigenvalue weighted by Crippen LogP contribution is -1.85. The summed E-state index contributed by atoms with van der Waals surface area (Å²) in [5.74, 6) is 0. The van der Waals surface area contributed by atoms with Gasteiger partial charge >= 0.3 is 0 Å². The lowest BCUT2D eigenvalue weighted by molar-refractivity contribution is 0.539. The Balaban J connectivity index is 1.22. The van der Waals surface area contributed by atoms with Gasteiger partial charge in [0.15, 0.2) is 0 Å². The third-order valence-electron chi connectivity index (χ3n) is 9.14. The van der Waals surface area contributed by atoms with Gasteiger partial charge in [-0.3, -0.25) is 0 Å². The van der Waals surface area contributed by atoms with Gasteiger partial charge in [0, 0.05) is 0 Å². The van der Waals surface area contributed by atoms with Crippen molar-refractivity contribution < 1.29 is 0 Å². The van der Waals surface area contributed by atoms with E-state index in [9.17, 15) is 0 Å². The minimum atomic E-state index is 1.29.